The van der Waals surface area contributed by atoms with Gasteiger partial charge in [0.05, 0.1) is 17.8 Å². The average molecular weight is 324 g/mol. The lowest BCUT2D eigenvalue weighted by molar-refractivity contribution is 0.139. The zero-order valence-electron chi connectivity index (χ0n) is 13.4. The van der Waals surface area contributed by atoms with E-state index in [2.05, 4.69) is 41.5 Å². The van der Waals surface area contributed by atoms with Crippen molar-refractivity contribution in [2.75, 3.05) is 6.54 Å². The summed E-state index contributed by atoms with van der Waals surface area (Å²) < 4.78 is 6.31. The Hall–Kier alpha value is -1.26. The third-order valence-corrected chi connectivity index (χ3v) is 4.51. The SMILES string of the molecule is CCNC1CCC(Oc2ccc3[nH]ncc3c2CC)CC1.Cl. The molecule has 1 saturated carbocycles. The maximum Gasteiger partial charge on any atom is 0.123 e. The van der Waals surface area contributed by atoms with Crippen LogP contribution in [0.2, 0.25) is 0 Å². The second-order valence-corrected chi connectivity index (χ2v) is 5.88. The van der Waals surface area contributed by atoms with Crippen molar-refractivity contribution in [2.45, 2.75) is 58.1 Å². The molecule has 5 heteroatoms. The smallest absolute Gasteiger partial charge is 0.123 e. The van der Waals surface area contributed by atoms with E-state index in [1.165, 1.54) is 23.8 Å². The first-order valence-electron chi connectivity index (χ1n) is 8.16. The highest BCUT2D eigenvalue weighted by atomic mass is 35.5. The number of H-pyrrole nitrogens is 1. The minimum atomic E-state index is 0. The number of ether oxygens (including phenoxy) is 1. The van der Waals surface area contributed by atoms with Gasteiger partial charge in [0.15, 0.2) is 0 Å². The number of aromatic nitrogens is 2. The summed E-state index contributed by atoms with van der Waals surface area (Å²) in [6.07, 6.45) is 7.95. The Morgan fingerprint density at radius 1 is 1.23 bits per heavy atom. The summed E-state index contributed by atoms with van der Waals surface area (Å²) in [6.45, 7) is 5.42. The number of nitrogens with zero attached hydrogens (tertiary/aromatic N) is 1. The topological polar surface area (TPSA) is 49.9 Å². The zero-order chi connectivity index (χ0) is 14.7. The highest BCUT2D eigenvalue weighted by Gasteiger charge is 2.22. The van der Waals surface area contributed by atoms with Crippen molar-refractivity contribution in [1.29, 1.82) is 0 Å². The van der Waals surface area contributed by atoms with Crippen molar-refractivity contribution in [3.63, 3.8) is 0 Å². The van der Waals surface area contributed by atoms with Gasteiger partial charge in [-0.05, 0) is 50.8 Å². The molecule has 0 bridgehead atoms. The standard InChI is InChI=1S/C17H25N3O.ClH/c1-3-14-15-11-19-20-16(15)9-10-17(14)21-13-7-5-12(6-8-13)18-4-2;/h9-13,18H,3-8H2,1-2H3,(H,19,20);1H. The molecule has 122 valence electrons. The first-order chi connectivity index (χ1) is 10.3. The number of hydrogen-bond donors (Lipinski definition) is 2. The second-order valence-electron chi connectivity index (χ2n) is 5.88. The van der Waals surface area contributed by atoms with E-state index in [0.29, 0.717) is 12.1 Å². The highest BCUT2D eigenvalue weighted by molar-refractivity contribution is 5.85. The summed E-state index contributed by atoms with van der Waals surface area (Å²) >= 11 is 0. The third kappa shape index (κ3) is 3.55. The number of aromatic amines is 1. The van der Waals surface area contributed by atoms with Gasteiger partial charge in [0.25, 0.3) is 0 Å². The lowest BCUT2D eigenvalue weighted by Gasteiger charge is -2.30. The van der Waals surface area contributed by atoms with Crippen LogP contribution in [0.3, 0.4) is 0 Å². The van der Waals surface area contributed by atoms with E-state index in [1.54, 1.807) is 0 Å². The molecule has 0 atom stereocenters. The average Bonchev–Trinajstić information content (AvgIpc) is 2.98. The van der Waals surface area contributed by atoms with E-state index in [4.69, 9.17) is 4.74 Å². The fraction of sp³-hybridized carbons (Fsp3) is 0.588. The van der Waals surface area contributed by atoms with Crippen LogP contribution >= 0.6 is 12.4 Å². The Morgan fingerprint density at radius 2 is 2.00 bits per heavy atom. The van der Waals surface area contributed by atoms with Gasteiger partial charge in [0.2, 0.25) is 0 Å². The van der Waals surface area contributed by atoms with Crippen molar-refractivity contribution in [2.24, 2.45) is 0 Å². The van der Waals surface area contributed by atoms with Gasteiger partial charge in [0.1, 0.15) is 5.75 Å². The van der Waals surface area contributed by atoms with Gasteiger partial charge in [-0.1, -0.05) is 13.8 Å². The molecular formula is C17H26ClN3O. The van der Waals surface area contributed by atoms with Crippen LogP contribution in [0.1, 0.15) is 45.1 Å². The molecule has 4 nitrogen and oxygen atoms in total. The molecule has 0 aliphatic heterocycles. The number of nitrogens with one attached hydrogen (secondary N) is 2. The van der Waals surface area contributed by atoms with Crippen LogP contribution in [-0.2, 0) is 6.42 Å². The minimum absolute atomic E-state index is 0. The first kappa shape index (κ1) is 17.1. The number of halogens is 1. The van der Waals surface area contributed by atoms with Crippen LogP contribution in [0.5, 0.6) is 5.75 Å². The molecule has 0 unspecified atom stereocenters. The predicted molar refractivity (Wildman–Crippen MR) is 93.1 cm³/mol. The molecule has 0 amide bonds. The molecule has 0 spiro atoms. The molecule has 1 heterocycles. The van der Waals surface area contributed by atoms with Crippen molar-refractivity contribution in [1.82, 2.24) is 15.5 Å². The van der Waals surface area contributed by atoms with E-state index >= 15 is 0 Å². The normalized spacial score (nSPS) is 21.5. The largest absolute Gasteiger partial charge is 0.490 e. The van der Waals surface area contributed by atoms with Crippen LogP contribution in [0.15, 0.2) is 18.3 Å². The molecule has 0 saturated heterocycles. The summed E-state index contributed by atoms with van der Waals surface area (Å²) in [5.41, 5.74) is 2.37. The predicted octanol–water partition coefficient (Wildman–Crippen LogP) is 3.85. The fourth-order valence-electron chi connectivity index (χ4n) is 3.38. The van der Waals surface area contributed by atoms with Crippen molar-refractivity contribution >= 4 is 23.3 Å². The summed E-state index contributed by atoms with van der Waals surface area (Å²) in [5, 5.41) is 11.9. The van der Waals surface area contributed by atoms with Gasteiger partial charge in [-0.2, -0.15) is 5.10 Å². The summed E-state index contributed by atoms with van der Waals surface area (Å²) in [4.78, 5) is 0. The molecule has 22 heavy (non-hydrogen) atoms. The molecule has 1 aliphatic rings. The molecule has 2 aromatic rings. The summed E-state index contributed by atoms with van der Waals surface area (Å²) in [6, 6.07) is 4.84. The molecule has 2 N–H and O–H groups in total. The van der Waals surface area contributed by atoms with Gasteiger partial charge in [0, 0.05) is 17.0 Å². The Labute approximate surface area is 138 Å². The molecule has 1 aliphatic carbocycles. The van der Waals surface area contributed by atoms with Crippen LogP contribution in [-0.4, -0.2) is 28.9 Å². The van der Waals surface area contributed by atoms with E-state index in [9.17, 15) is 0 Å². The van der Waals surface area contributed by atoms with Gasteiger partial charge in [-0.25, -0.2) is 0 Å². The van der Waals surface area contributed by atoms with Crippen molar-refractivity contribution in [3.05, 3.63) is 23.9 Å². The number of hydrogen-bond acceptors (Lipinski definition) is 3. The second kappa shape index (κ2) is 7.84. The van der Waals surface area contributed by atoms with Crippen LogP contribution in [0.4, 0.5) is 0 Å². The van der Waals surface area contributed by atoms with Crippen molar-refractivity contribution < 1.29 is 4.74 Å². The first-order valence-corrected chi connectivity index (χ1v) is 8.16. The highest BCUT2D eigenvalue weighted by Crippen LogP contribution is 2.31. The number of rotatable bonds is 5. The van der Waals surface area contributed by atoms with Crippen LogP contribution < -0.4 is 10.1 Å². The lowest BCUT2D eigenvalue weighted by atomic mass is 9.93. The maximum atomic E-state index is 6.31. The maximum absolute atomic E-state index is 6.31. The monoisotopic (exact) mass is 323 g/mol. The van der Waals surface area contributed by atoms with Crippen LogP contribution in [0, 0.1) is 0 Å². The molecular weight excluding hydrogens is 298 g/mol. The molecule has 1 fully saturated rings. The molecule has 1 aromatic carbocycles. The fourth-order valence-corrected chi connectivity index (χ4v) is 3.38. The third-order valence-electron chi connectivity index (χ3n) is 4.51. The molecule has 1 aromatic heterocycles. The van der Waals surface area contributed by atoms with Crippen molar-refractivity contribution in [3.8, 4) is 5.75 Å². The number of aryl methyl sites for hydroxylation is 1. The van der Waals surface area contributed by atoms with Gasteiger partial charge in [-0.3, -0.25) is 5.10 Å². The Bertz CT molecular complexity index is 591. The van der Waals surface area contributed by atoms with E-state index in [0.717, 1.165) is 37.1 Å². The lowest BCUT2D eigenvalue weighted by Crippen LogP contribution is -2.36. The van der Waals surface area contributed by atoms with Crippen LogP contribution in [0.25, 0.3) is 10.9 Å². The molecule has 3 rings (SSSR count). The summed E-state index contributed by atoms with van der Waals surface area (Å²) in [7, 11) is 0. The Kier molecular flexibility index (Phi) is 6.09. The van der Waals surface area contributed by atoms with Gasteiger partial charge < -0.3 is 10.1 Å². The molecule has 0 radical (unpaired) electrons. The number of benzene rings is 1. The van der Waals surface area contributed by atoms with E-state index in [-0.39, 0.29) is 12.4 Å². The van der Waals surface area contributed by atoms with Gasteiger partial charge >= 0.3 is 0 Å². The Balaban J connectivity index is 0.00000176. The van der Waals surface area contributed by atoms with E-state index in [1.807, 2.05) is 6.20 Å². The number of fused-ring (bicyclic) bond motifs is 1. The van der Waals surface area contributed by atoms with E-state index < -0.39 is 0 Å². The minimum Gasteiger partial charge on any atom is -0.490 e. The Morgan fingerprint density at radius 3 is 2.68 bits per heavy atom. The quantitative estimate of drug-likeness (QED) is 0.878. The zero-order valence-corrected chi connectivity index (χ0v) is 14.2. The van der Waals surface area contributed by atoms with Gasteiger partial charge in [-0.15, -0.1) is 12.4 Å². The summed E-state index contributed by atoms with van der Waals surface area (Å²) in [5.74, 6) is 1.04.